The van der Waals surface area contributed by atoms with Crippen LogP contribution in [0.25, 0.3) is 0 Å². The first-order chi connectivity index (χ1) is 15.9. The van der Waals surface area contributed by atoms with Crippen molar-refractivity contribution in [1.29, 1.82) is 0 Å². The zero-order valence-electron chi connectivity index (χ0n) is 18.5. The summed E-state index contributed by atoms with van der Waals surface area (Å²) in [5.41, 5.74) is 2.09. The number of hydrogen-bond acceptors (Lipinski definition) is 4. The third-order valence-electron chi connectivity index (χ3n) is 5.40. The predicted octanol–water partition coefficient (Wildman–Crippen LogP) is 4.27. The summed E-state index contributed by atoms with van der Waals surface area (Å²) in [5.74, 6) is -1.41. The lowest BCUT2D eigenvalue weighted by Gasteiger charge is -2.15. The largest absolute Gasteiger partial charge is 0.478 e. The normalized spacial score (nSPS) is 11.8. The van der Waals surface area contributed by atoms with E-state index in [0.717, 1.165) is 36.3 Å². The number of thiol groups is 1. The Hall–Kier alpha value is -3.13. The van der Waals surface area contributed by atoms with Crippen molar-refractivity contribution in [3.05, 3.63) is 88.8 Å². The molecule has 3 aromatic rings. The summed E-state index contributed by atoms with van der Waals surface area (Å²) in [6.45, 7) is 2.68. The molecule has 1 unspecified atom stereocenters. The monoisotopic (exact) mass is 469 g/mol. The number of aromatic carboxylic acids is 1. The highest BCUT2D eigenvalue weighted by Crippen LogP contribution is 2.16. The molecule has 6 nitrogen and oxygen atoms in total. The number of carbonyl (C=O) groups excluding carboxylic acids is 1. The van der Waals surface area contributed by atoms with Crippen LogP contribution in [0.1, 0.15) is 52.8 Å². The fourth-order valence-electron chi connectivity index (χ4n) is 3.56. The van der Waals surface area contributed by atoms with Gasteiger partial charge in [-0.25, -0.2) is 14.2 Å². The lowest BCUT2D eigenvalue weighted by atomic mass is 10.1. The van der Waals surface area contributed by atoms with Gasteiger partial charge >= 0.3 is 5.97 Å². The maximum Gasteiger partial charge on any atom is 0.338 e. The highest BCUT2D eigenvalue weighted by Gasteiger charge is 2.17. The van der Waals surface area contributed by atoms with Crippen LogP contribution in [-0.2, 0) is 30.7 Å². The van der Waals surface area contributed by atoms with E-state index in [0.29, 0.717) is 18.5 Å². The summed E-state index contributed by atoms with van der Waals surface area (Å²) in [6.07, 6.45) is 4.94. The molecular weight excluding hydrogens is 441 g/mol. The molecule has 0 bridgehead atoms. The van der Waals surface area contributed by atoms with Crippen LogP contribution in [0.2, 0.25) is 0 Å². The van der Waals surface area contributed by atoms with Gasteiger partial charge in [0, 0.05) is 13.0 Å². The number of nitrogens with zero attached hydrogens (tertiary/aromatic N) is 2. The standard InChI is InChI=1S/C25H28FN3O3S/c1-2-3-9-23-27-14-19(15-28-24(30)22(33)13-17-7-5-4-6-8-17)29(23)16-18-10-11-20(25(31)32)21(26)12-18/h4-8,10-12,14,22,33H,2-3,9,13,15-16H2,1H3,(H,28,30)(H,31,32). The second-order valence-electron chi connectivity index (χ2n) is 7.90. The van der Waals surface area contributed by atoms with E-state index < -0.39 is 17.0 Å². The summed E-state index contributed by atoms with van der Waals surface area (Å²) in [5, 5.41) is 11.5. The van der Waals surface area contributed by atoms with Gasteiger partial charge in [0.2, 0.25) is 5.91 Å². The van der Waals surface area contributed by atoms with Gasteiger partial charge in [0.05, 0.1) is 29.2 Å². The Kier molecular flexibility index (Phi) is 8.65. The van der Waals surface area contributed by atoms with Gasteiger partial charge in [-0.15, -0.1) is 0 Å². The van der Waals surface area contributed by atoms with E-state index in [9.17, 15) is 14.0 Å². The molecule has 1 amide bonds. The molecule has 0 aliphatic rings. The van der Waals surface area contributed by atoms with Crippen LogP contribution in [0.4, 0.5) is 4.39 Å². The van der Waals surface area contributed by atoms with Gasteiger partial charge in [0.1, 0.15) is 11.6 Å². The first-order valence-corrected chi connectivity index (χ1v) is 11.4. The average Bonchev–Trinajstić information content (AvgIpc) is 3.17. The molecule has 0 spiro atoms. The Balaban J connectivity index is 1.72. The van der Waals surface area contributed by atoms with Crippen molar-refractivity contribution >= 4 is 24.5 Å². The second-order valence-corrected chi connectivity index (χ2v) is 8.52. The molecule has 1 heterocycles. The number of carboxylic acids is 1. The first-order valence-electron chi connectivity index (χ1n) is 10.9. The zero-order chi connectivity index (χ0) is 23.8. The third kappa shape index (κ3) is 6.68. The highest BCUT2D eigenvalue weighted by atomic mass is 32.1. The molecule has 1 atom stereocenters. The number of unbranched alkanes of at least 4 members (excludes halogenated alkanes) is 1. The number of carbonyl (C=O) groups is 2. The minimum atomic E-state index is -1.30. The number of aromatic nitrogens is 2. The molecule has 0 saturated heterocycles. The quantitative estimate of drug-likeness (QED) is 0.366. The van der Waals surface area contributed by atoms with E-state index >= 15 is 0 Å². The maximum atomic E-state index is 14.2. The minimum Gasteiger partial charge on any atom is -0.478 e. The summed E-state index contributed by atoms with van der Waals surface area (Å²) in [4.78, 5) is 28.2. The van der Waals surface area contributed by atoms with Crippen molar-refractivity contribution in [3.63, 3.8) is 0 Å². The van der Waals surface area contributed by atoms with Gasteiger partial charge in [-0.3, -0.25) is 4.79 Å². The van der Waals surface area contributed by atoms with Crippen LogP contribution >= 0.6 is 12.6 Å². The van der Waals surface area contributed by atoms with Crippen LogP contribution in [0, 0.1) is 5.82 Å². The van der Waals surface area contributed by atoms with Gasteiger partial charge in [-0.2, -0.15) is 12.6 Å². The number of imidazole rings is 1. The Labute approximate surface area is 198 Å². The summed E-state index contributed by atoms with van der Waals surface area (Å²) in [7, 11) is 0. The first kappa shape index (κ1) is 24.5. The molecule has 0 fully saturated rings. The van der Waals surface area contributed by atoms with Gasteiger partial charge < -0.3 is 15.0 Å². The number of nitrogens with one attached hydrogen (secondary N) is 1. The molecule has 1 aromatic heterocycles. The molecule has 0 aliphatic carbocycles. The van der Waals surface area contributed by atoms with Crippen molar-refractivity contribution in [2.75, 3.05) is 0 Å². The van der Waals surface area contributed by atoms with Crippen molar-refractivity contribution < 1.29 is 19.1 Å². The average molecular weight is 470 g/mol. The highest BCUT2D eigenvalue weighted by molar-refractivity contribution is 7.81. The summed E-state index contributed by atoms with van der Waals surface area (Å²) >= 11 is 4.45. The van der Waals surface area contributed by atoms with Crippen LogP contribution in [0.3, 0.4) is 0 Å². The minimum absolute atomic E-state index is 0.179. The van der Waals surface area contributed by atoms with E-state index in [1.54, 1.807) is 12.3 Å². The van der Waals surface area contributed by atoms with Crippen LogP contribution in [0.5, 0.6) is 0 Å². The molecule has 0 saturated carbocycles. The Morgan fingerprint density at radius 2 is 1.94 bits per heavy atom. The molecule has 0 radical (unpaired) electrons. The summed E-state index contributed by atoms with van der Waals surface area (Å²) in [6, 6.07) is 13.8. The third-order valence-corrected chi connectivity index (χ3v) is 5.81. The Bertz CT molecular complexity index is 1100. The predicted molar refractivity (Wildman–Crippen MR) is 128 cm³/mol. The van der Waals surface area contributed by atoms with E-state index in [2.05, 4.69) is 29.9 Å². The molecule has 174 valence electrons. The van der Waals surface area contributed by atoms with Gasteiger partial charge in [-0.1, -0.05) is 49.7 Å². The number of amides is 1. The van der Waals surface area contributed by atoms with Crippen molar-refractivity contribution in [2.45, 2.75) is 50.9 Å². The molecule has 2 aromatic carbocycles. The van der Waals surface area contributed by atoms with Crippen molar-refractivity contribution in [1.82, 2.24) is 14.9 Å². The number of halogens is 1. The summed E-state index contributed by atoms with van der Waals surface area (Å²) < 4.78 is 16.1. The van der Waals surface area contributed by atoms with Crippen LogP contribution in [-0.4, -0.2) is 31.8 Å². The number of benzene rings is 2. The molecule has 0 aliphatic heterocycles. The lowest BCUT2D eigenvalue weighted by Crippen LogP contribution is -2.33. The second kappa shape index (κ2) is 11.7. The number of carboxylic acid groups (broad SMARTS) is 1. The Morgan fingerprint density at radius 3 is 2.61 bits per heavy atom. The molecule has 3 rings (SSSR count). The topological polar surface area (TPSA) is 84.2 Å². The lowest BCUT2D eigenvalue weighted by molar-refractivity contribution is -0.120. The molecule has 33 heavy (non-hydrogen) atoms. The van der Waals surface area contributed by atoms with E-state index in [1.165, 1.54) is 12.1 Å². The zero-order valence-corrected chi connectivity index (χ0v) is 19.4. The molecule has 2 N–H and O–H groups in total. The van der Waals surface area contributed by atoms with Crippen LogP contribution in [0.15, 0.2) is 54.7 Å². The van der Waals surface area contributed by atoms with E-state index in [1.807, 2.05) is 34.9 Å². The van der Waals surface area contributed by atoms with Gasteiger partial charge in [0.25, 0.3) is 0 Å². The molecule has 8 heteroatoms. The van der Waals surface area contributed by atoms with E-state index in [4.69, 9.17) is 5.11 Å². The number of hydrogen-bond donors (Lipinski definition) is 3. The van der Waals surface area contributed by atoms with Crippen molar-refractivity contribution in [2.24, 2.45) is 0 Å². The fraction of sp³-hybridized carbons (Fsp3) is 0.320. The van der Waals surface area contributed by atoms with Crippen molar-refractivity contribution in [3.8, 4) is 0 Å². The molecular formula is C25H28FN3O3S. The van der Waals surface area contributed by atoms with E-state index in [-0.39, 0.29) is 18.0 Å². The SMILES string of the molecule is CCCCc1ncc(CNC(=O)C(S)Cc2ccccc2)n1Cc1ccc(C(=O)O)c(F)c1. The fourth-order valence-corrected chi connectivity index (χ4v) is 3.86. The van der Waals surface area contributed by atoms with Crippen LogP contribution < -0.4 is 5.32 Å². The van der Waals surface area contributed by atoms with Gasteiger partial charge in [-0.05, 0) is 36.1 Å². The number of rotatable bonds is 11. The number of aryl methyl sites for hydroxylation is 1. The smallest absolute Gasteiger partial charge is 0.338 e. The maximum absolute atomic E-state index is 14.2. The Morgan fingerprint density at radius 1 is 1.18 bits per heavy atom. The van der Waals surface area contributed by atoms with Gasteiger partial charge in [0.15, 0.2) is 0 Å².